The minimum atomic E-state index is 0.0632. The maximum Gasteiger partial charge on any atom is 0.194 e. The molecule has 20 heavy (non-hydrogen) atoms. The van der Waals surface area contributed by atoms with Gasteiger partial charge < -0.3 is 4.74 Å². The average molecular weight is 282 g/mol. The van der Waals surface area contributed by atoms with Gasteiger partial charge in [-0.25, -0.2) is 0 Å². The number of hydrogen-bond acceptors (Lipinski definition) is 3. The number of carbonyl (C=O) groups excluding carboxylic acids is 1. The standard InChI is InChI=1S/C17H14O2S/c1-11-9-12(7-8-15(11)19-2)17(18)14-10-20-16-6-4-3-5-13(14)16/h3-10H,1-2H3. The van der Waals surface area contributed by atoms with Gasteiger partial charge in [-0.05, 0) is 36.8 Å². The smallest absolute Gasteiger partial charge is 0.194 e. The molecular formula is C17H14O2S. The fourth-order valence-electron chi connectivity index (χ4n) is 2.33. The number of aryl methyl sites for hydroxylation is 1. The predicted molar refractivity (Wildman–Crippen MR) is 83.0 cm³/mol. The molecule has 0 bridgehead atoms. The highest BCUT2D eigenvalue weighted by Gasteiger charge is 2.15. The van der Waals surface area contributed by atoms with Gasteiger partial charge in [0.15, 0.2) is 5.78 Å². The summed E-state index contributed by atoms with van der Waals surface area (Å²) >= 11 is 1.60. The molecule has 0 aliphatic rings. The van der Waals surface area contributed by atoms with E-state index in [0.717, 1.165) is 27.0 Å². The molecule has 2 aromatic carbocycles. The third kappa shape index (κ3) is 2.10. The lowest BCUT2D eigenvalue weighted by molar-refractivity contribution is 0.104. The van der Waals surface area contributed by atoms with E-state index >= 15 is 0 Å². The molecule has 3 rings (SSSR count). The van der Waals surface area contributed by atoms with Crippen molar-refractivity contribution in [3.8, 4) is 5.75 Å². The average Bonchev–Trinajstić information content (AvgIpc) is 2.90. The van der Waals surface area contributed by atoms with E-state index in [-0.39, 0.29) is 5.78 Å². The van der Waals surface area contributed by atoms with E-state index in [1.54, 1.807) is 18.4 Å². The van der Waals surface area contributed by atoms with Gasteiger partial charge in [0.05, 0.1) is 7.11 Å². The zero-order valence-corrected chi connectivity index (χ0v) is 12.2. The van der Waals surface area contributed by atoms with Crippen molar-refractivity contribution in [2.24, 2.45) is 0 Å². The second-order valence-electron chi connectivity index (χ2n) is 4.66. The van der Waals surface area contributed by atoms with Gasteiger partial charge in [-0.3, -0.25) is 4.79 Å². The lowest BCUT2D eigenvalue weighted by Gasteiger charge is -2.06. The first-order chi connectivity index (χ1) is 9.70. The molecule has 0 N–H and O–H groups in total. The van der Waals surface area contributed by atoms with E-state index in [1.807, 2.05) is 54.8 Å². The molecule has 3 aromatic rings. The van der Waals surface area contributed by atoms with Crippen LogP contribution in [0.2, 0.25) is 0 Å². The molecule has 3 heteroatoms. The Morgan fingerprint density at radius 1 is 1.15 bits per heavy atom. The Bertz CT molecular complexity index is 787. The van der Waals surface area contributed by atoms with Crippen molar-refractivity contribution in [3.05, 3.63) is 64.5 Å². The Hall–Kier alpha value is -2.13. The number of ether oxygens (including phenoxy) is 1. The zero-order chi connectivity index (χ0) is 14.1. The SMILES string of the molecule is COc1ccc(C(=O)c2csc3ccccc23)cc1C. The van der Waals surface area contributed by atoms with Crippen LogP contribution >= 0.6 is 11.3 Å². The molecule has 0 aliphatic heterocycles. The molecule has 1 heterocycles. The van der Waals surface area contributed by atoms with Gasteiger partial charge in [0.1, 0.15) is 5.75 Å². The number of carbonyl (C=O) groups is 1. The summed E-state index contributed by atoms with van der Waals surface area (Å²) in [5.74, 6) is 0.866. The Balaban J connectivity index is 2.06. The molecule has 0 unspecified atom stereocenters. The quantitative estimate of drug-likeness (QED) is 0.663. The summed E-state index contributed by atoms with van der Waals surface area (Å²) in [6.45, 7) is 1.95. The van der Waals surface area contributed by atoms with Crippen LogP contribution in [-0.2, 0) is 0 Å². The van der Waals surface area contributed by atoms with Crippen LogP contribution in [0.3, 0.4) is 0 Å². The summed E-state index contributed by atoms with van der Waals surface area (Å²) < 4.78 is 6.37. The highest BCUT2D eigenvalue weighted by atomic mass is 32.1. The predicted octanol–water partition coefficient (Wildman–Crippen LogP) is 4.45. The van der Waals surface area contributed by atoms with Crippen molar-refractivity contribution < 1.29 is 9.53 Å². The molecule has 100 valence electrons. The second kappa shape index (κ2) is 5.10. The van der Waals surface area contributed by atoms with Crippen LogP contribution < -0.4 is 4.74 Å². The van der Waals surface area contributed by atoms with Crippen LogP contribution in [0.15, 0.2) is 47.8 Å². The normalized spacial score (nSPS) is 10.7. The van der Waals surface area contributed by atoms with Gasteiger partial charge in [0.25, 0.3) is 0 Å². The van der Waals surface area contributed by atoms with Gasteiger partial charge in [-0.2, -0.15) is 0 Å². The van der Waals surface area contributed by atoms with E-state index in [1.165, 1.54) is 0 Å². The lowest BCUT2D eigenvalue weighted by atomic mass is 10.0. The van der Waals surface area contributed by atoms with E-state index in [4.69, 9.17) is 4.74 Å². The summed E-state index contributed by atoms with van der Waals surface area (Å²) in [4.78, 5) is 12.6. The molecule has 0 fully saturated rings. The number of fused-ring (bicyclic) bond motifs is 1. The van der Waals surface area contributed by atoms with Gasteiger partial charge >= 0.3 is 0 Å². The summed E-state index contributed by atoms with van der Waals surface area (Å²) in [6, 6.07) is 13.5. The molecule has 0 amide bonds. The van der Waals surface area contributed by atoms with Gasteiger partial charge in [0.2, 0.25) is 0 Å². The molecule has 0 radical (unpaired) electrons. The van der Waals surface area contributed by atoms with Crippen molar-refractivity contribution in [1.29, 1.82) is 0 Å². The van der Waals surface area contributed by atoms with Crippen LogP contribution in [0.5, 0.6) is 5.75 Å². The van der Waals surface area contributed by atoms with E-state index in [2.05, 4.69) is 0 Å². The summed E-state index contributed by atoms with van der Waals surface area (Å²) in [6.07, 6.45) is 0. The van der Waals surface area contributed by atoms with Crippen molar-refractivity contribution in [2.75, 3.05) is 7.11 Å². The minimum Gasteiger partial charge on any atom is -0.496 e. The monoisotopic (exact) mass is 282 g/mol. The fraction of sp³-hybridized carbons (Fsp3) is 0.118. The van der Waals surface area contributed by atoms with E-state index in [9.17, 15) is 4.79 Å². The molecule has 1 aromatic heterocycles. The molecule has 0 saturated carbocycles. The number of benzene rings is 2. The van der Waals surface area contributed by atoms with E-state index in [0.29, 0.717) is 5.56 Å². The number of hydrogen-bond donors (Lipinski definition) is 0. The Kier molecular flexibility index (Phi) is 3.28. The van der Waals surface area contributed by atoms with Crippen molar-refractivity contribution >= 4 is 27.2 Å². The molecule has 0 atom stereocenters. The topological polar surface area (TPSA) is 26.3 Å². The summed E-state index contributed by atoms with van der Waals surface area (Å²) in [7, 11) is 1.64. The molecule has 0 saturated heterocycles. The highest BCUT2D eigenvalue weighted by Crippen LogP contribution is 2.28. The first-order valence-electron chi connectivity index (χ1n) is 6.36. The zero-order valence-electron chi connectivity index (χ0n) is 11.3. The van der Waals surface area contributed by atoms with Crippen molar-refractivity contribution in [2.45, 2.75) is 6.92 Å². The minimum absolute atomic E-state index is 0.0632. The third-order valence-corrected chi connectivity index (χ3v) is 4.35. The second-order valence-corrected chi connectivity index (χ2v) is 5.57. The van der Waals surface area contributed by atoms with Crippen LogP contribution in [0.25, 0.3) is 10.1 Å². The van der Waals surface area contributed by atoms with Crippen LogP contribution in [0.1, 0.15) is 21.5 Å². The largest absolute Gasteiger partial charge is 0.496 e. The molecule has 0 spiro atoms. The van der Waals surface area contributed by atoms with Gasteiger partial charge in [-0.1, -0.05) is 18.2 Å². The third-order valence-electron chi connectivity index (χ3n) is 3.38. The van der Waals surface area contributed by atoms with Crippen LogP contribution in [0, 0.1) is 6.92 Å². The number of thiophene rings is 1. The van der Waals surface area contributed by atoms with Gasteiger partial charge in [-0.15, -0.1) is 11.3 Å². The van der Waals surface area contributed by atoms with Crippen molar-refractivity contribution in [1.82, 2.24) is 0 Å². The van der Waals surface area contributed by atoms with Gasteiger partial charge in [0, 0.05) is 26.6 Å². The lowest BCUT2D eigenvalue weighted by Crippen LogP contribution is -2.01. The highest BCUT2D eigenvalue weighted by molar-refractivity contribution is 7.17. The molecule has 2 nitrogen and oxygen atoms in total. The maximum absolute atomic E-state index is 12.6. The maximum atomic E-state index is 12.6. The first kappa shape index (κ1) is 12.9. The first-order valence-corrected chi connectivity index (χ1v) is 7.24. The summed E-state index contributed by atoms with van der Waals surface area (Å²) in [5.41, 5.74) is 2.44. The van der Waals surface area contributed by atoms with Crippen molar-refractivity contribution in [3.63, 3.8) is 0 Å². The fourth-order valence-corrected chi connectivity index (χ4v) is 3.27. The summed E-state index contributed by atoms with van der Waals surface area (Å²) in [5, 5.41) is 2.96. The van der Waals surface area contributed by atoms with Crippen LogP contribution in [-0.4, -0.2) is 12.9 Å². The molecular weight excluding hydrogens is 268 g/mol. The molecule has 0 aliphatic carbocycles. The van der Waals surface area contributed by atoms with E-state index < -0.39 is 0 Å². The Morgan fingerprint density at radius 3 is 2.70 bits per heavy atom. The van der Waals surface area contributed by atoms with Crippen LogP contribution in [0.4, 0.5) is 0 Å². The number of methoxy groups -OCH3 is 1. The number of rotatable bonds is 3. The number of ketones is 1. The Morgan fingerprint density at radius 2 is 1.95 bits per heavy atom. The Labute approximate surface area is 121 Å².